The molecule has 1 aliphatic heterocycles. The van der Waals surface area contributed by atoms with E-state index in [1.165, 1.54) is 16.8 Å². The van der Waals surface area contributed by atoms with Gasteiger partial charge in [0.1, 0.15) is 5.69 Å². The Morgan fingerprint density at radius 1 is 1.00 bits per heavy atom. The summed E-state index contributed by atoms with van der Waals surface area (Å²) in [6.45, 7) is 4.09. The van der Waals surface area contributed by atoms with E-state index in [1.807, 2.05) is 18.2 Å². The molecule has 0 atom stereocenters. The lowest BCUT2D eigenvalue weighted by Gasteiger charge is -2.19. The normalized spacial score (nSPS) is 14.3. The Kier molecular flexibility index (Phi) is 5.22. The molecule has 1 aliphatic rings. The summed E-state index contributed by atoms with van der Waals surface area (Å²) in [5.74, 6) is 0.0400. The van der Waals surface area contributed by atoms with Crippen LogP contribution in [0.5, 0.6) is 0 Å². The van der Waals surface area contributed by atoms with Gasteiger partial charge in [0, 0.05) is 25.7 Å². The van der Waals surface area contributed by atoms with Gasteiger partial charge in [-0.1, -0.05) is 18.2 Å². The van der Waals surface area contributed by atoms with E-state index in [0.29, 0.717) is 35.6 Å². The number of benzene rings is 2. The van der Waals surface area contributed by atoms with E-state index in [0.717, 1.165) is 6.42 Å². The summed E-state index contributed by atoms with van der Waals surface area (Å²) in [4.78, 5) is 26.8. The van der Waals surface area contributed by atoms with E-state index >= 15 is 0 Å². The summed E-state index contributed by atoms with van der Waals surface area (Å²) in [6, 6.07) is 13.7. The molecule has 3 aromatic rings. The number of amides is 1. The zero-order valence-corrected chi connectivity index (χ0v) is 18.4. The van der Waals surface area contributed by atoms with Crippen LogP contribution in [0.1, 0.15) is 24.1 Å². The molecule has 0 bridgehead atoms. The fourth-order valence-corrected chi connectivity index (χ4v) is 5.08. The Labute approximate surface area is 180 Å². The summed E-state index contributed by atoms with van der Waals surface area (Å²) in [5, 5.41) is 0. The van der Waals surface area contributed by atoms with Crippen molar-refractivity contribution in [2.45, 2.75) is 31.6 Å². The molecule has 31 heavy (non-hydrogen) atoms. The number of carbonyl (C=O) groups excluding carboxylic acids is 1. The van der Waals surface area contributed by atoms with Gasteiger partial charge >= 0.3 is 0 Å². The fraction of sp³-hybridized carbons (Fsp3) is 0.273. The highest BCUT2D eigenvalue weighted by Gasteiger charge is 2.26. The minimum Gasteiger partial charge on any atom is -0.312 e. The van der Waals surface area contributed by atoms with Crippen molar-refractivity contribution in [1.29, 1.82) is 0 Å². The second-order valence-corrected chi connectivity index (χ2v) is 9.32. The van der Waals surface area contributed by atoms with Crippen molar-refractivity contribution in [3.05, 3.63) is 70.1 Å². The van der Waals surface area contributed by atoms with Gasteiger partial charge in [-0.2, -0.15) is 0 Å². The molecule has 1 amide bonds. The van der Waals surface area contributed by atoms with Crippen LogP contribution < -0.4 is 15.2 Å². The molecule has 0 unspecified atom stereocenters. The Morgan fingerprint density at radius 3 is 2.32 bits per heavy atom. The van der Waals surface area contributed by atoms with Crippen molar-refractivity contribution < 1.29 is 13.2 Å². The van der Waals surface area contributed by atoms with Crippen molar-refractivity contribution in [1.82, 2.24) is 9.36 Å². The van der Waals surface area contributed by atoms with Gasteiger partial charge in [-0.05, 0) is 56.2 Å². The summed E-state index contributed by atoms with van der Waals surface area (Å²) in [6.07, 6.45) is 1.29. The molecular formula is C22H24N4O4S. The lowest BCUT2D eigenvalue weighted by Crippen LogP contribution is -2.25. The summed E-state index contributed by atoms with van der Waals surface area (Å²) < 4.78 is 31.6. The minimum atomic E-state index is -4.00. The fourth-order valence-electron chi connectivity index (χ4n) is 3.88. The van der Waals surface area contributed by atoms with Gasteiger partial charge in [0.2, 0.25) is 5.91 Å². The minimum absolute atomic E-state index is 0.00260. The summed E-state index contributed by atoms with van der Waals surface area (Å²) in [5.41, 5.74) is 2.08. The van der Waals surface area contributed by atoms with Gasteiger partial charge in [-0.15, -0.1) is 0 Å². The maximum Gasteiger partial charge on any atom is 0.296 e. The highest BCUT2D eigenvalue weighted by molar-refractivity contribution is 7.92. The number of nitrogens with one attached hydrogen (secondary N) is 1. The molecule has 1 N–H and O–H groups in total. The number of aromatic nitrogens is 2. The van der Waals surface area contributed by atoms with Gasteiger partial charge in [-0.25, -0.2) is 13.1 Å². The number of anilines is 2. The zero-order valence-electron chi connectivity index (χ0n) is 17.6. The van der Waals surface area contributed by atoms with Gasteiger partial charge in [0.05, 0.1) is 16.3 Å². The third-order valence-electron chi connectivity index (χ3n) is 5.63. The highest BCUT2D eigenvalue weighted by Crippen LogP contribution is 2.28. The van der Waals surface area contributed by atoms with Crippen molar-refractivity contribution in [3.63, 3.8) is 0 Å². The number of carbonyl (C=O) groups is 1. The number of nitrogens with zero attached hydrogens (tertiary/aromatic N) is 3. The molecule has 8 nitrogen and oxygen atoms in total. The maximum atomic E-state index is 13.1. The first-order valence-electron chi connectivity index (χ1n) is 9.98. The lowest BCUT2D eigenvalue weighted by atomic mass is 10.2. The molecule has 1 aromatic heterocycles. The van der Waals surface area contributed by atoms with Crippen molar-refractivity contribution >= 4 is 27.3 Å². The van der Waals surface area contributed by atoms with E-state index in [4.69, 9.17) is 0 Å². The summed E-state index contributed by atoms with van der Waals surface area (Å²) >= 11 is 0. The molecule has 0 aliphatic carbocycles. The molecule has 2 heterocycles. The Hall–Kier alpha value is -3.33. The third-order valence-corrected chi connectivity index (χ3v) is 6.98. The van der Waals surface area contributed by atoms with Crippen LogP contribution in [0.2, 0.25) is 0 Å². The molecule has 162 valence electrons. The number of aryl methyl sites for hydroxylation is 1. The molecule has 1 saturated heterocycles. The predicted octanol–water partition coefficient (Wildman–Crippen LogP) is 2.72. The Bertz CT molecular complexity index is 1320. The molecule has 4 rings (SSSR count). The second kappa shape index (κ2) is 7.73. The van der Waals surface area contributed by atoms with Crippen LogP contribution in [0.3, 0.4) is 0 Å². The number of sulfonamides is 1. The first-order chi connectivity index (χ1) is 14.7. The average Bonchev–Trinajstić information content (AvgIpc) is 3.25. The van der Waals surface area contributed by atoms with Crippen LogP contribution in [0.25, 0.3) is 5.69 Å². The molecule has 2 aromatic carbocycles. The van der Waals surface area contributed by atoms with Crippen molar-refractivity contribution in [3.8, 4) is 5.69 Å². The molecule has 9 heteroatoms. The SMILES string of the molecule is Cc1cc(S(=O)(=O)Nc2c(C)n(C)n(-c3ccccc3)c2=O)ccc1N1CCCC1=O. The molecule has 0 spiro atoms. The zero-order chi connectivity index (χ0) is 22.3. The third kappa shape index (κ3) is 3.65. The van der Waals surface area contributed by atoms with Crippen LogP contribution in [-0.4, -0.2) is 30.2 Å². The predicted molar refractivity (Wildman–Crippen MR) is 119 cm³/mol. The van der Waals surface area contributed by atoms with Crippen molar-refractivity contribution in [2.75, 3.05) is 16.2 Å². The molecule has 0 radical (unpaired) electrons. The highest BCUT2D eigenvalue weighted by atomic mass is 32.2. The van der Waals surface area contributed by atoms with Crippen LogP contribution in [0.4, 0.5) is 11.4 Å². The smallest absolute Gasteiger partial charge is 0.296 e. The second-order valence-electron chi connectivity index (χ2n) is 7.64. The Balaban J connectivity index is 1.69. The van der Waals surface area contributed by atoms with Crippen LogP contribution in [0, 0.1) is 13.8 Å². The lowest BCUT2D eigenvalue weighted by molar-refractivity contribution is -0.117. The Morgan fingerprint density at radius 2 is 1.71 bits per heavy atom. The van der Waals surface area contributed by atoms with E-state index in [9.17, 15) is 18.0 Å². The van der Waals surface area contributed by atoms with Crippen LogP contribution >= 0.6 is 0 Å². The molecular weight excluding hydrogens is 416 g/mol. The maximum absolute atomic E-state index is 13.1. The monoisotopic (exact) mass is 440 g/mol. The van der Waals surface area contributed by atoms with Gasteiger partial charge in [-0.3, -0.25) is 19.0 Å². The number of rotatable bonds is 5. The first-order valence-corrected chi connectivity index (χ1v) is 11.5. The van der Waals surface area contributed by atoms with E-state index < -0.39 is 15.6 Å². The molecule has 0 saturated carbocycles. The topological polar surface area (TPSA) is 93.4 Å². The van der Waals surface area contributed by atoms with E-state index in [2.05, 4.69) is 4.72 Å². The van der Waals surface area contributed by atoms with Gasteiger partial charge < -0.3 is 4.90 Å². The van der Waals surface area contributed by atoms with Gasteiger partial charge in [0.15, 0.2) is 0 Å². The van der Waals surface area contributed by atoms with Crippen LogP contribution in [0.15, 0.2) is 58.2 Å². The van der Waals surface area contributed by atoms with E-state index in [1.54, 1.807) is 48.7 Å². The number of para-hydroxylation sites is 1. The van der Waals surface area contributed by atoms with E-state index in [-0.39, 0.29) is 16.5 Å². The summed E-state index contributed by atoms with van der Waals surface area (Å²) in [7, 11) is -2.30. The van der Waals surface area contributed by atoms with Crippen LogP contribution in [-0.2, 0) is 21.9 Å². The quantitative estimate of drug-likeness (QED) is 0.660. The molecule has 1 fully saturated rings. The van der Waals surface area contributed by atoms with Crippen molar-refractivity contribution in [2.24, 2.45) is 7.05 Å². The first kappa shape index (κ1) is 20.9. The number of hydrogen-bond donors (Lipinski definition) is 1. The number of hydrogen-bond acceptors (Lipinski definition) is 4. The average molecular weight is 441 g/mol. The largest absolute Gasteiger partial charge is 0.312 e. The standard InChI is InChI=1S/C22H24N4O4S/c1-15-14-18(11-12-19(15)25-13-7-10-20(25)27)31(29,30)23-21-16(2)24(3)26(22(21)28)17-8-5-4-6-9-17/h4-6,8-9,11-12,14,23H,7,10,13H2,1-3H3. The van der Waals surface area contributed by atoms with Gasteiger partial charge in [0.25, 0.3) is 15.6 Å².